The number of rotatable bonds is 4. The van der Waals surface area contributed by atoms with Crippen LogP contribution in [-0.4, -0.2) is 19.7 Å². The van der Waals surface area contributed by atoms with Gasteiger partial charge in [0, 0.05) is 11.6 Å². The van der Waals surface area contributed by atoms with Crippen molar-refractivity contribution in [1.82, 2.24) is 0 Å². The van der Waals surface area contributed by atoms with Crippen molar-refractivity contribution in [3.05, 3.63) is 35.7 Å². The minimum absolute atomic E-state index is 0.309. The number of esters is 1. The lowest BCUT2D eigenvalue weighted by Crippen LogP contribution is -1.98. The first-order chi connectivity index (χ1) is 7.67. The Labute approximate surface area is 93.5 Å². The predicted octanol–water partition coefficient (Wildman–Crippen LogP) is 2.41. The summed E-state index contributed by atoms with van der Waals surface area (Å²) in [5.74, 6) is -0.347. The van der Waals surface area contributed by atoms with E-state index in [1.807, 2.05) is 0 Å². The first kappa shape index (κ1) is 12.2. The van der Waals surface area contributed by atoms with Gasteiger partial charge in [-0.3, -0.25) is 0 Å². The third kappa shape index (κ3) is 3.38. The first-order valence-electron chi connectivity index (χ1n) is 4.85. The summed E-state index contributed by atoms with van der Waals surface area (Å²) in [6.07, 6.45) is 2.70. The quantitative estimate of drug-likeness (QED) is 0.582. The molecule has 0 fully saturated rings. The number of carbonyl (C=O) groups is 1. The molecule has 0 saturated carbocycles. The lowest BCUT2D eigenvalue weighted by atomic mass is 10.2. The van der Waals surface area contributed by atoms with Gasteiger partial charge in [-0.15, -0.1) is 0 Å². The summed E-state index contributed by atoms with van der Waals surface area (Å²) in [5.41, 5.74) is 0.496. The number of ether oxygens (including phenoxy) is 2. The molecule has 0 amide bonds. The monoisotopic (exact) mass is 224 g/mol. The number of benzene rings is 1. The Kier molecular flexibility index (Phi) is 4.51. The van der Waals surface area contributed by atoms with Crippen molar-refractivity contribution in [2.45, 2.75) is 6.92 Å². The Balaban J connectivity index is 2.86. The zero-order chi connectivity index (χ0) is 12.0. The lowest BCUT2D eigenvalue weighted by Gasteiger charge is -2.04. The van der Waals surface area contributed by atoms with Gasteiger partial charge in [-0.2, -0.15) is 0 Å². The molecular formula is C12H13FO3. The van der Waals surface area contributed by atoms with Crippen LogP contribution in [0.3, 0.4) is 0 Å². The van der Waals surface area contributed by atoms with Crippen molar-refractivity contribution in [1.29, 1.82) is 0 Å². The molecule has 0 spiro atoms. The molecule has 0 aliphatic heterocycles. The predicted molar refractivity (Wildman–Crippen MR) is 58.6 cm³/mol. The van der Waals surface area contributed by atoms with E-state index in [9.17, 15) is 9.18 Å². The van der Waals surface area contributed by atoms with E-state index in [1.54, 1.807) is 6.92 Å². The van der Waals surface area contributed by atoms with E-state index in [0.29, 0.717) is 17.9 Å². The minimum Gasteiger partial charge on any atom is -0.496 e. The standard InChI is InChI=1S/C12H13FO3/c1-3-16-12(14)7-4-9-8-10(13)5-6-11(9)15-2/h4-8H,3H2,1-2H3/b7-4+. The van der Waals surface area contributed by atoms with Crippen LogP contribution in [0.5, 0.6) is 5.75 Å². The average Bonchev–Trinajstić information content (AvgIpc) is 2.27. The minimum atomic E-state index is -0.464. The fraction of sp³-hybridized carbons (Fsp3) is 0.250. The summed E-state index contributed by atoms with van der Waals surface area (Å²) < 4.78 is 22.7. The zero-order valence-corrected chi connectivity index (χ0v) is 9.20. The van der Waals surface area contributed by atoms with E-state index in [2.05, 4.69) is 0 Å². The van der Waals surface area contributed by atoms with Crippen molar-refractivity contribution in [2.75, 3.05) is 13.7 Å². The highest BCUT2D eigenvalue weighted by molar-refractivity contribution is 5.87. The van der Waals surface area contributed by atoms with E-state index in [0.717, 1.165) is 0 Å². The van der Waals surface area contributed by atoms with Gasteiger partial charge in [0.05, 0.1) is 13.7 Å². The van der Waals surface area contributed by atoms with Gasteiger partial charge in [0.25, 0.3) is 0 Å². The van der Waals surface area contributed by atoms with Crippen molar-refractivity contribution in [3.63, 3.8) is 0 Å². The molecular weight excluding hydrogens is 211 g/mol. The van der Waals surface area contributed by atoms with E-state index < -0.39 is 5.97 Å². The van der Waals surface area contributed by atoms with Crippen LogP contribution >= 0.6 is 0 Å². The highest BCUT2D eigenvalue weighted by Gasteiger charge is 2.02. The van der Waals surface area contributed by atoms with Gasteiger partial charge < -0.3 is 9.47 Å². The van der Waals surface area contributed by atoms with Crippen LogP contribution in [0, 0.1) is 5.82 Å². The molecule has 0 aromatic heterocycles. The largest absolute Gasteiger partial charge is 0.496 e. The maximum Gasteiger partial charge on any atom is 0.330 e. The summed E-state index contributed by atoms with van der Waals surface area (Å²) >= 11 is 0. The van der Waals surface area contributed by atoms with Crippen LogP contribution in [0.4, 0.5) is 4.39 Å². The molecule has 1 aromatic carbocycles. The smallest absolute Gasteiger partial charge is 0.330 e. The van der Waals surface area contributed by atoms with Gasteiger partial charge in [-0.1, -0.05) is 0 Å². The van der Waals surface area contributed by atoms with Gasteiger partial charge in [-0.05, 0) is 31.2 Å². The normalized spacial score (nSPS) is 10.4. The molecule has 0 atom stereocenters. The lowest BCUT2D eigenvalue weighted by molar-refractivity contribution is -0.137. The molecule has 4 heteroatoms. The third-order valence-electron chi connectivity index (χ3n) is 1.88. The topological polar surface area (TPSA) is 35.5 Å². The molecule has 3 nitrogen and oxygen atoms in total. The molecule has 1 rings (SSSR count). The molecule has 0 bridgehead atoms. The maximum absolute atomic E-state index is 13.0. The van der Waals surface area contributed by atoms with Crippen LogP contribution in [0.25, 0.3) is 6.08 Å². The second-order valence-corrected chi connectivity index (χ2v) is 2.97. The van der Waals surface area contributed by atoms with Gasteiger partial charge in [0.2, 0.25) is 0 Å². The molecule has 1 aromatic rings. The molecule has 0 N–H and O–H groups in total. The molecule has 16 heavy (non-hydrogen) atoms. The molecule has 0 heterocycles. The second-order valence-electron chi connectivity index (χ2n) is 2.97. The van der Waals surface area contributed by atoms with E-state index >= 15 is 0 Å². The van der Waals surface area contributed by atoms with Crippen LogP contribution in [0.15, 0.2) is 24.3 Å². The number of halogens is 1. The van der Waals surface area contributed by atoms with Crippen LogP contribution < -0.4 is 4.74 Å². The molecule has 86 valence electrons. The fourth-order valence-corrected chi connectivity index (χ4v) is 1.18. The van der Waals surface area contributed by atoms with Crippen molar-refractivity contribution in [3.8, 4) is 5.75 Å². The van der Waals surface area contributed by atoms with Gasteiger partial charge in [-0.25, -0.2) is 9.18 Å². The highest BCUT2D eigenvalue weighted by atomic mass is 19.1. The number of hydrogen-bond donors (Lipinski definition) is 0. The summed E-state index contributed by atoms with van der Waals surface area (Å²) in [6.45, 7) is 2.03. The molecule has 0 radical (unpaired) electrons. The summed E-state index contributed by atoms with van der Waals surface area (Å²) in [7, 11) is 1.48. The Morgan fingerprint density at radius 3 is 2.88 bits per heavy atom. The number of carbonyl (C=O) groups excluding carboxylic acids is 1. The zero-order valence-electron chi connectivity index (χ0n) is 9.20. The van der Waals surface area contributed by atoms with E-state index in [1.165, 1.54) is 37.5 Å². The number of hydrogen-bond acceptors (Lipinski definition) is 3. The van der Waals surface area contributed by atoms with Gasteiger partial charge >= 0.3 is 5.97 Å². The Hall–Kier alpha value is -1.84. The average molecular weight is 224 g/mol. The highest BCUT2D eigenvalue weighted by Crippen LogP contribution is 2.20. The molecule has 0 unspecified atom stereocenters. The second kappa shape index (κ2) is 5.90. The van der Waals surface area contributed by atoms with Gasteiger partial charge in [0.15, 0.2) is 0 Å². The van der Waals surface area contributed by atoms with Crippen molar-refractivity contribution >= 4 is 12.0 Å². The summed E-state index contributed by atoms with van der Waals surface area (Å²) in [4.78, 5) is 11.1. The Bertz CT molecular complexity index is 399. The van der Waals surface area contributed by atoms with Crippen molar-refractivity contribution in [2.24, 2.45) is 0 Å². The SMILES string of the molecule is CCOC(=O)/C=C/c1cc(F)ccc1OC. The summed E-state index contributed by atoms with van der Waals surface area (Å²) in [5, 5.41) is 0. The van der Waals surface area contributed by atoms with Crippen LogP contribution in [0.2, 0.25) is 0 Å². The van der Waals surface area contributed by atoms with E-state index in [4.69, 9.17) is 9.47 Å². The molecule has 0 aliphatic rings. The van der Waals surface area contributed by atoms with Crippen molar-refractivity contribution < 1.29 is 18.7 Å². The molecule has 0 saturated heterocycles. The van der Waals surface area contributed by atoms with Crippen LogP contribution in [0.1, 0.15) is 12.5 Å². The summed E-state index contributed by atoms with van der Waals surface area (Å²) in [6, 6.07) is 4.08. The third-order valence-corrected chi connectivity index (χ3v) is 1.88. The van der Waals surface area contributed by atoms with Crippen LogP contribution in [-0.2, 0) is 9.53 Å². The Morgan fingerprint density at radius 2 is 2.25 bits per heavy atom. The van der Waals surface area contributed by atoms with E-state index in [-0.39, 0.29) is 5.82 Å². The Morgan fingerprint density at radius 1 is 1.50 bits per heavy atom. The first-order valence-corrected chi connectivity index (χ1v) is 4.85. The van der Waals surface area contributed by atoms with Gasteiger partial charge in [0.1, 0.15) is 11.6 Å². The maximum atomic E-state index is 13.0. The number of methoxy groups -OCH3 is 1. The molecule has 0 aliphatic carbocycles. The fourth-order valence-electron chi connectivity index (χ4n) is 1.18.